The van der Waals surface area contributed by atoms with Gasteiger partial charge in [0, 0.05) is 19.2 Å². The Labute approximate surface area is 138 Å². The van der Waals surface area contributed by atoms with Crippen LogP contribution < -0.4 is 10.2 Å². The Balaban J connectivity index is 1.76. The van der Waals surface area contributed by atoms with Crippen LogP contribution in [-0.4, -0.2) is 33.4 Å². The van der Waals surface area contributed by atoms with Crippen LogP contribution in [0.1, 0.15) is 31.5 Å². The molecule has 1 aliphatic heterocycles. The molecular formula is C16H18FN5O2. The van der Waals surface area contributed by atoms with Crippen molar-refractivity contribution >= 4 is 17.5 Å². The van der Waals surface area contributed by atoms with Gasteiger partial charge in [-0.15, -0.1) is 5.10 Å². The Morgan fingerprint density at radius 2 is 2.29 bits per heavy atom. The number of nitrogens with one attached hydrogen (secondary N) is 1. The summed E-state index contributed by atoms with van der Waals surface area (Å²) in [5, 5.41) is 10.6. The highest BCUT2D eigenvalue weighted by Gasteiger charge is 2.32. The molecule has 7 nitrogen and oxygen atoms in total. The van der Waals surface area contributed by atoms with Gasteiger partial charge in [-0.3, -0.25) is 9.59 Å². The van der Waals surface area contributed by atoms with Crippen LogP contribution in [0.25, 0.3) is 0 Å². The molecule has 1 N–H and O–H groups in total. The standard InChI is InChI=1S/C16H18FN5O2/c1-11(23)18-9-13-10-22(20-19-13)15-6-3-7-21(16(15)24)14-5-2-4-12(17)8-14/h2,4-5,8,10,15H,3,6-7,9H2,1H3,(H,18,23). The largest absolute Gasteiger partial charge is 0.351 e. The fourth-order valence-electron chi connectivity index (χ4n) is 2.76. The molecule has 0 spiro atoms. The summed E-state index contributed by atoms with van der Waals surface area (Å²) in [7, 11) is 0. The third kappa shape index (κ3) is 3.42. The predicted molar refractivity (Wildman–Crippen MR) is 84.6 cm³/mol. The van der Waals surface area contributed by atoms with Crippen molar-refractivity contribution in [1.82, 2.24) is 20.3 Å². The van der Waals surface area contributed by atoms with E-state index in [1.165, 1.54) is 23.7 Å². The summed E-state index contributed by atoms with van der Waals surface area (Å²) in [6.45, 7) is 2.24. The predicted octanol–water partition coefficient (Wildman–Crippen LogP) is 1.42. The monoisotopic (exact) mass is 331 g/mol. The molecule has 0 radical (unpaired) electrons. The first kappa shape index (κ1) is 16.1. The number of amides is 2. The number of carbonyl (C=O) groups excluding carboxylic acids is 2. The average Bonchev–Trinajstić information content (AvgIpc) is 3.02. The fourth-order valence-corrected chi connectivity index (χ4v) is 2.76. The van der Waals surface area contributed by atoms with Crippen LogP contribution >= 0.6 is 0 Å². The topological polar surface area (TPSA) is 80.1 Å². The van der Waals surface area contributed by atoms with Crippen LogP contribution in [0.5, 0.6) is 0 Å². The number of carbonyl (C=O) groups is 2. The van der Waals surface area contributed by atoms with Gasteiger partial charge in [-0.2, -0.15) is 0 Å². The summed E-state index contributed by atoms with van der Waals surface area (Å²) in [4.78, 5) is 25.3. The van der Waals surface area contributed by atoms with Crippen LogP contribution in [0.4, 0.5) is 10.1 Å². The van der Waals surface area contributed by atoms with E-state index in [1.54, 1.807) is 23.2 Å². The lowest BCUT2D eigenvalue weighted by atomic mass is 10.0. The number of halogens is 1. The minimum absolute atomic E-state index is 0.136. The highest BCUT2D eigenvalue weighted by molar-refractivity contribution is 5.96. The number of hydrogen-bond donors (Lipinski definition) is 1. The average molecular weight is 331 g/mol. The van der Waals surface area contributed by atoms with E-state index in [-0.39, 0.29) is 24.2 Å². The lowest BCUT2D eigenvalue weighted by molar-refractivity contribution is -0.123. The molecule has 1 aromatic heterocycles. The molecular weight excluding hydrogens is 313 g/mol. The molecule has 3 rings (SSSR count). The molecule has 2 aromatic rings. The van der Waals surface area contributed by atoms with Crippen LogP contribution in [0.2, 0.25) is 0 Å². The number of benzene rings is 1. The van der Waals surface area contributed by atoms with E-state index in [4.69, 9.17) is 0 Å². The Morgan fingerprint density at radius 3 is 3.04 bits per heavy atom. The van der Waals surface area contributed by atoms with E-state index in [2.05, 4.69) is 15.6 Å². The first-order valence-corrected chi connectivity index (χ1v) is 7.76. The van der Waals surface area contributed by atoms with Gasteiger partial charge in [-0.1, -0.05) is 11.3 Å². The molecule has 0 bridgehead atoms. The molecule has 24 heavy (non-hydrogen) atoms. The molecule has 2 heterocycles. The minimum Gasteiger partial charge on any atom is -0.351 e. The molecule has 1 aliphatic rings. The SMILES string of the molecule is CC(=O)NCc1cn(C2CCCN(c3cccc(F)c3)C2=O)nn1. The Hall–Kier alpha value is -2.77. The van der Waals surface area contributed by atoms with Crippen molar-refractivity contribution in [3.05, 3.63) is 42.0 Å². The number of piperidine rings is 1. The molecule has 1 unspecified atom stereocenters. The Morgan fingerprint density at radius 1 is 1.46 bits per heavy atom. The molecule has 0 aliphatic carbocycles. The summed E-state index contributed by atoms with van der Waals surface area (Å²) in [5.74, 6) is -0.667. The first-order valence-electron chi connectivity index (χ1n) is 7.76. The number of aromatic nitrogens is 3. The zero-order valence-corrected chi connectivity index (χ0v) is 13.3. The maximum Gasteiger partial charge on any atom is 0.251 e. The minimum atomic E-state index is -0.472. The van der Waals surface area contributed by atoms with Gasteiger partial charge < -0.3 is 10.2 Å². The molecule has 0 saturated carbocycles. The smallest absolute Gasteiger partial charge is 0.251 e. The van der Waals surface area contributed by atoms with Crippen molar-refractivity contribution in [2.75, 3.05) is 11.4 Å². The summed E-state index contributed by atoms with van der Waals surface area (Å²) in [6.07, 6.45) is 3.09. The lowest BCUT2D eigenvalue weighted by Crippen LogP contribution is -2.42. The van der Waals surface area contributed by atoms with Crippen LogP contribution in [0.3, 0.4) is 0 Å². The van der Waals surface area contributed by atoms with Crippen molar-refractivity contribution in [3.8, 4) is 0 Å². The van der Waals surface area contributed by atoms with Crippen molar-refractivity contribution < 1.29 is 14.0 Å². The quantitative estimate of drug-likeness (QED) is 0.919. The molecule has 1 saturated heterocycles. The van der Waals surface area contributed by atoms with Gasteiger partial charge in [0.25, 0.3) is 5.91 Å². The summed E-state index contributed by atoms with van der Waals surface area (Å²) in [6, 6.07) is 5.53. The molecule has 2 amide bonds. The lowest BCUT2D eigenvalue weighted by Gasteiger charge is -2.32. The third-order valence-corrected chi connectivity index (χ3v) is 3.93. The highest BCUT2D eigenvalue weighted by Crippen LogP contribution is 2.27. The van der Waals surface area contributed by atoms with Crippen molar-refractivity contribution in [2.45, 2.75) is 32.4 Å². The molecule has 1 atom stereocenters. The van der Waals surface area contributed by atoms with E-state index >= 15 is 0 Å². The second-order valence-electron chi connectivity index (χ2n) is 5.73. The van der Waals surface area contributed by atoms with E-state index in [0.717, 1.165) is 6.42 Å². The van der Waals surface area contributed by atoms with Crippen LogP contribution in [0.15, 0.2) is 30.5 Å². The van der Waals surface area contributed by atoms with Gasteiger partial charge in [0.1, 0.15) is 17.6 Å². The third-order valence-electron chi connectivity index (χ3n) is 3.93. The van der Waals surface area contributed by atoms with Gasteiger partial charge in [0.15, 0.2) is 0 Å². The number of anilines is 1. The molecule has 126 valence electrons. The van der Waals surface area contributed by atoms with Gasteiger partial charge in [-0.05, 0) is 31.0 Å². The number of hydrogen-bond acceptors (Lipinski definition) is 4. The zero-order valence-electron chi connectivity index (χ0n) is 13.3. The van der Waals surface area contributed by atoms with Crippen molar-refractivity contribution in [1.29, 1.82) is 0 Å². The molecule has 1 fully saturated rings. The van der Waals surface area contributed by atoms with E-state index in [1.807, 2.05) is 0 Å². The zero-order chi connectivity index (χ0) is 17.1. The van der Waals surface area contributed by atoms with E-state index in [0.29, 0.717) is 24.3 Å². The highest BCUT2D eigenvalue weighted by atomic mass is 19.1. The fraction of sp³-hybridized carbons (Fsp3) is 0.375. The maximum atomic E-state index is 13.4. The summed E-state index contributed by atoms with van der Waals surface area (Å²) < 4.78 is 14.9. The van der Waals surface area contributed by atoms with Crippen LogP contribution in [0, 0.1) is 5.82 Å². The van der Waals surface area contributed by atoms with Gasteiger partial charge in [0.05, 0.1) is 12.7 Å². The van der Waals surface area contributed by atoms with Crippen LogP contribution in [-0.2, 0) is 16.1 Å². The second-order valence-corrected chi connectivity index (χ2v) is 5.73. The van der Waals surface area contributed by atoms with Crippen molar-refractivity contribution in [2.24, 2.45) is 0 Å². The second kappa shape index (κ2) is 6.77. The summed E-state index contributed by atoms with van der Waals surface area (Å²) >= 11 is 0. The first-order chi connectivity index (χ1) is 11.5. The number of nitrogens with zero attached hydrogens (tertiary/aromatic N) is 4. The molecule has 8 heteroatoms. The van der Waals surface area contributed by atoms with E-state index in [9.17, 15) is 14.0 Å². The van der Waals surface area contributed by atoms with Gasteiger partial charge in [-0.25, -0.2) is 9.07 Å². The van der Waals surface area contributed by atoms with E-state index < -0.39 is 6.04 Å². The maximum absolute atomic E-state index is 13.4. The number of rotatable bonds is 4. The Kier molecular flexibility index (Phi) is 4.54. The Bertz CT molecular complexity index is 760. The van der Waals surface area contributed by atoms with Gasteiger partial charge >= 0.3 is 0 Å². The summed E-state index contributed by atoms with van der Waals surface area (Å²) in [5.41, 5.74) is 1.13. The van der Waals surface area contributed by atoms with Crippen molar-refractivity contribution in [3.63, 3.8) is 0 Å². The normalized spacial score (nSPS) is 17.8. The van der Waals surface area contributed by atoms with Gasteiger partial charge in [0.2, 0.25) is 5.91 Å². The molecule has 1 aromatic carbocycles.